The maximum Gasteiger partial charge on any atom is 0.00902 e. The summed E-state index contributed by atoms with van der Waals surface area (Å²) in [5.74, 6) is 0.695. The first-order chi connectivity index (χ1) is 7.19. The third-order valence-corrected chi connectivity index (χ3v) is 3.30. The van der Waals surface area contributed by atoms with E-state index in [9.17, 15) is 0 Å². The molecule has 0 aliphatic rings. The van der Waals surface area contributed by atoms with Crippen LogP contribution in [0, 0.1) is 12.8 Å². The van der Waals surface area contributed by atoms with Gasteiger partial charge in [0.05, 0.1) is 0 Å². The van der Waals surface area contributed by atoms with E-state index in [-0.39, 0.29) is 0 Å². The Morgan fingerprint density at radius 1 is 1.27 bits per heavy atom. The van der Waals surface area contributed by atoms with Crippen LogP contribution in [-0.4, -0.2) is 13.1 Å². The van der Waals surface area contributed by atoms with Crippen LogP contribution in [0.1, 0.15) is 31.4 Å². The number of hydrogen-bond donors (Lipinski definition) is 1. The Morgan fingerprint density at radius 3 is 2.47 bits per heavy atom. The number of nitrogens with one attached hydrogen (secondary N) is 1. The van der Waals surface area contributed by atoms with Crippen molar-refractivity contribution in [3.8, 4) is 0 Å². The second-order valence-corrected chi connectivity index (χ2v) is 4.41. The molecule has 1 heteroatoms. The molecule has 0 saturated carbocycles. The van der Waals surface area contributed by atoms with E-state index >= 15 is 0 Å². The Bertz CT molecular complexity index is 289. The van der Waals surface area contributed by atoms with Crippen LogP contribution in [0.3, 0.4) is 0 Å². The van der Waals surface area contributed by atoms with Crippen LogP contribution in [0.25, 0.3) is 0 Å². The lowest BCUT2D eigenvalue weighted by Crippen LogP contribution is -2.32. The molecule has 0 aromatic heterocycles. The molecule has 0 aliphatic carbocycles. The molecule has 0 spiro atoms. The van der Waals surface area contributed by atoms with E-state index in [1.54, 1.807) is 0 Å². The maximum absolute atomic E-state index is 3.39. The summed E-state index contributed by atoms with van der Waals surface area (Å²) < 4.78 is 0. The molecule has 0 fully saturated rings. The van der Waals surface area contributed by atoms with Gasteiger partial charge < -0.3 is 5.32 Å². The second kappa shape index (κ2) is 5.92. The van der Waals surface area contributed by atoms with Crippen LogP contribution in [0.15, 0.2) is 24.3 Å². The van der Waals surface area contributed by atoms with E-state index in [0.29, 0.717) is 12.0 Å². The van der Waals surface area contributed by atoms with Crippen molar-refractivity contribution in [2.45, 2.75) is 39.7 Å². The molecule has 0 bridgehead atoms. The van der Waals surface area contributed by atoms with E-state index in [4.69, 9.17) is 0 Å². The smallest absolute Gasteiger partial charge is 0.00902 e. The first-order valence-corrected chi connectivity index (χ1v) is 5.90. The Labute approximate surface area is 93.9 Å². The average molecular weight is 205 g/mol. The first-order valence-electron chi connectivity index (χ1n) is 5.90. The van der Waals surface area contributed by atoms with Gasteiger partial charge in [0.2, 0.25) is 0 Å². The van der Waals surface area contributed by atoms with E-state index in [0.717, 1.165) is 0 Å². The Morgan fingerprint density at radius 2 is 1.93 bits per heavy atom. The van der Waals surface area contributed by atoms with Crippen LogP contribution in [-0.2, 0) is 6.42 Å². The fourth-order valence-corrected chi connectivity index (χ4v) is 2.22. The molecule has 2 unspecified atom stereocenters. The molecule has 84 valence electrons. The molecule has 0 amide bonds. The molecule has 1 rings (SSSR count). The van der Waals surface area contributed by atoms with Crippen molar-refractivity contribution in [1.82, 2.24) is 5.32 Å². The molecule has 0 saturated heterocycles. The van der Waals surface area contributed by atoms with Crippen molar-refractivity contribution in [2.75, 3.05) is 7.05 Å². The van der Waals surface area contributed by atoms with Crippen molar-refractivity contribution in [1.29, 1.82) is 0 Å². The third-order valence-electron chi connectivity index (χ3n) is 3.30. The average Bonchev–Trinajstić information content (AvgIpc) is 2.23. The molecule has 1 nitrogen and oxygen atoms in total. The van der Waals surface area contributed by atoms with Gasteiger partial charge in [-0.2, -0.15) is 0 Å². The van der Waals surface area contributed by atoms with E-state index in [1.807, 2.05) is 0 Å². The zero-order valence-corrected chi connectivity index (χ0v) is 10.4. The van der Waals surface area contributed by atoms with Crippen LogP contribution in [0.2, 0.25) is 0 Å². The highest BCUT2D eigenvalue weighted by atomic mass is 14.9. The molecule has 0 heterocycles. The Hall–Kier alpha value is -0.820. The molecule has 15 heavy (non-hydrogen) atoms. The van der Waals surface area contributed by atoms with Gasteiger partial charge in [-0.1, -0.05) is 38.1 Å². The molecule has 1 N–H and O–H groups in total. The highest BCUT2D eigenvalue weighted by molar-refractivity contribution is 5.26. The lowest BCUT2D eigenvalue weighted by atomic mass is 9.91. The maximum atomic E-state index is 3.39. The molecule has 1 aromatic carbocycles. The van der Waals surface area contributed by atoms with Gasteiger partial charge in [-0.25, -0.2) is 0 Å². The predicted molar refractivity (Wildman–Crippen MR) is 67.2 cm³/mol. The SMILES string of the molecule is CCC(NC)C(C)Cc1ccccc1C. The first kappa shape index (κ1) is 12.3. The molecular formula is C14H23N. The van der Waals surface area contributed by atoms with Crippen molar-refractivity contribution < 1.29 is 0 Å². The quantitative estimate of drug-likeness (QED) is 0.778. The van der Waals surface area contributed by atoms with E-state index in [1.165, 1.54) is 24.0 Å². The Kier molecular flexibility index (Phi) is 4.83. The van der Waals surface area contributed by atoms with Crippen LogP contribution in [0.5, 0.6) is 0 Å². The fraction of sp³-hybridized carbons (Fsp3) is 0.571. The predicted octanol–water partition coefficient (Wildman–Crippen LogP) is 3.17. The zero-order chi connectivity index (χ0) is 11.3. The summed E-state index contributed by atoms with van der Waals surface area (Å²) >= 11 is 0. The lowest BCUT2D eigenvalue weighted by molar-refractivity contribution is 0.386. The van der Waals surface area contributed by atoms with Crippen molar-refractivity contribution in [3.05, 3.63) is 35.4 Å². The monoisotopic (exact) mass is 205 g/mol. The highest BCUT2D eigenvalue weighted by Gasteiger charge is 2.14. The molecule has 1 aromatic rings. The topological polar surface area (TPSA) is 12.0 Å². The summed E-state index contributed by atoms with van der Waals surface area (Å²) in [5, 5.41) is 3.39. The third kappa shape index (κ3) is 3.35. The summed E-state index contributed by atoms with van der Waals surface area (Å²) in [4.78, 5) is 0. The number of aryl methyl sites for hydroxylation is 1. The molecule has 0 aliphatic heterocycles. The summed E-state index contributed by atoms with van der Waals surface area (Å²) in [5.41, 5.74) is 2.90. The van der Waals surface area contributed by atoms with Crippen molar-refractivity contribution >= 4 is 0 Å². The number of benzene rings is 1. The van der Waals surface area contributed by atoms with Gasteiger partial charge in [-0.05, 0) is 43.9 Å². The Balaban J connectivity index is 2.65. The van der Waals surface area contributed by atoms with Gasteiger partial charge >= 0.3 is 0 Å². The van der Waals surface area contributed by atoms with Crippen molar-refractivity contribution in [3.63, 3.8) is 0 Å². The van der Waals surface area contributed by atoms with E-state index in [2.05, 4.69) is 57.4 Å². The minimum absolute atomic E-state index is 0.629. The van der Waals surface area contributed by atoms with Crippen LogP contribution < -0.4 is 5.32 Å². The van der Waals surface area contributed by atoms with Crippen LogP contribution >= 0.6 is 0 Å². The van der Waals surface area contributed by atoms with Gasteiger partial charge in [0.15, 0.2) is 0 Å². The molecule has 0 radical (unpaired) electrons. The second-order valence-electron chi connectivity index (χ2n) is 4.41. The summed E-state index contributed by atoms with van der Waals surface area (Å²) in [6.45, 7) is 6.77. The van der Waals surface area contributed by atoms with Crippen LogP contribution in [0.4, 0.5) is 0 Å². The largest absolute Gasteiger partial charge is 0.317 e. The van der Waals surface area contributed by atoms with Crippen molar-refractivity contribution in [2.24, 2.45) is 5.92 Å². The standard InChI is InChI=1S/C14H23N/c1-5-14(15-4)12(3)10-13-9-7-6-8-11(13)2/h6-9,12,14-15H,5,10H2,1-4H3. The normalized spacial score (nSPS) is 14.9. The summed E-state index contributed by atoms with van der Waals surface area (Å²) in [7, 11) is 2.06. The minimum atomic E-state index is 0.629. The number of hydrogen-bond acceptors (Lipinski definition) is 1. The van der Waals surface area contributed by atoms with E-state index < -0.39 is 0 Å². The minimum Gasteiger partial charge on any atom is -0.317 e. The number of rotatable bonds is 5. The lowest BCUT2D eigenvalue weighted by Gasteiger charge is -2.22. The fourth-order valence-electron chi connectivity index (χ4n) is 2.22. The van der Waals surface area contributed by atoms with Gasteiger partial charge in [0, 0.05) is 6.04 Å². The summed E-state index contributed by atoms with van der Waals surface area (Å²) in [6.07, 6.45) is 2.37. The molecular weight excluding hydrogens is 182 g/mol. The van der Waals surface area contributed by atoms with Gasteiger partial charge in [0.25, 0.3) is 0 Å². The zero-order valence-electron chi connectivity index (χ0n) is 10.4. The van der Waals surface area contributed by atoms with Gasteiger partial charge in [0.1, 0.15) is 0 Å². The highest BCUT2D eigenvalue weighted by Crippen LogP contribution is 2.16. The van der Waals surface area contributed by atoms with Gasteiger partial charge in [-0.3, -0.25) is 0 Å². The summed E-state index contributed by atoms with van der Waals surface area (Å²) in [6, 6.07) is 9.31. The van der Waals surface area contributed by atoms with Gasteiger partial charge in [-0.15, -0.1) is 0 Å². The molecule has 2 atom stereocenters.